The van der Waals surface area contributed by atoms with Gasteiger partial charge in [0, 0.05) is 11.0 Å². The summed E-state index contributed by atoms with van der Waals surface area (Å²) in [5, 5.41) is 56.2. The van der Waals surface area contributed by atoms with E-state index in [1.54, 1.807) is 19.9 Å². The van der Waals surface area contributed by atoms with E-state index in [9.17, 15) is 35.1 Å². The van der Waals surface area contributed by atoms with Crippen molar-refractivity contribution >= 4 is 11.9 Å². The summed E-state index contributed by atoms with van der Waals surface area (Å²) in [6, 6.07) is 0. The minimum Gasteiger partial charge on any atom is -0.456 e. The van der Waals surface area contributed by atoms with E-state index in [1.165, 1.54) is 19.4 Å². The lowest BCUT2D eigenvalue weighted by atomic mass is 9.33. The molecule has 9 heteroatoms. The van der Waals surface area contributed by atoms with Crippen LogP contribution in [-0.4, -0.2) is 80.2 Å². The van der Waals surface area contributed by atoms with Crippen LogP contribution in [-0.2, 0) is 19.1 Å². The summed E-state index contributed by atoms with van der Waals surface area (Å²) in [6.45, 7) is 20.7. The van der Waals surface area contributed by atoms with Crippen molar-refractivity contribution in [2.24, 2.45) is 50.2 Å². The van der Waals surface area contributed by atoms with E-state index in [-0.39, 0.29) is 22.3 Å². The molecular weight excluding hydrogens is 624 g/mol. The van der Waals surface area contributed by atoms with Crippen molar-refractivity contribution in [3.63, 3.8) is 0 Å². The average molecular weight is 689 g/mol. The fourth-order valence-corrected chi connectivity index (χ4v) is 12.0. The highest BCUT2D eigenvalue weighted by atomic mass is 16.6. The number of hydrogen-bond donors (Lipinski definition) is 5. The Hall–Kier alpha value is -1.78. The molecule has 5 N–H and O–H groups in total. The number of esters is 2. The van der Waals surface area contributed by atoms with Crippen LogP contribution in [0.15, 0.2) is 23.3 Å². The van der Waals surface area contributed by atoms with E-state index in [0.717, 1.165) is 32.1 Å². The molecule has 0 spiro atoms. The second-order valence-corrected chi connectivity index (χ2v) is 18.9. The van der Waals surface area contributed by atoms with Gasteiger partial charge in [0.2, 0.25) is 0 Å². The van der Waals surface area contributed by atoms with Crippen LogP contribution < -0.4 is 0 Å². The Morgan fingerprint density at radius 3 is 2.18 bits per heavy atom. The van der Waals surface area contributed by atoms with Crippen molar-refractivity contribution in [2.45, 2.75) is 157 Å². The smallest absolute Gasteiger partial charge is 0.340 e. The Bertz CT molecular complexity index is 1390. The molecule has 0 radical (unpaired) electrons. The monoisotopic (exact) mass is 688 g/mol. The molecular formula is C40H64O9. The fraction of sp³-hybridized carbons (Fsp3) is 0.850. The summed E-state index contributed by atoms with van der Waals surface area (Å²) in [4.78, 5) is 27.0. The SMILES string of the molecule is C/C=C(/C)C(=O)O[C@H]1[C@H](OC(=O)[C@@](C)(O)[C@H](C)O)C(C)(C)C[C@H]2C3=CC[C@@H]4[C@@]5(C)CC[C@@H](O)C(C)(C)[C@@H]5CC[C@@]4(C)[C@]3(C)C[C@@H](O)[C@]21CO. The molecule has 0 aromatic carbocycles. The van der Waals surface area contributed by atoms with Gasteiger partial charge in [-0.25, -0.2) is 9.59 Å². The van der Waals surface area contributed by atoms with Gasteiger partial charge in [0.05, 0.1) is 30.3 Å². The van der Waals surface area contributed by atoms with Crippen molar-refractivity contribution in [3.05, 3.63) is 23.3 Å². The minimum absolute atomic E-state index is 0.00520. The molecule has 13 atom stereocenters. The van der Waals surface area contributed by atoms with Gasteiger partial charge in [0.15, 0.2) is 11.7 Å². The highest BCUT2D eigenvalue weighted by molar-refractivity contribution is 5.88. The lowest BCUT2D eigenvalue weighted by molar-refractivity contribution is -0.269. The van der Waals surface area contributed by atoms with Crippen molar-refractivity contribution < 1.29 is 44.6 Å². The molecule has 5 rings (SSSR count). The molecule has 0 amide bonds. The van der Waals surface area contributed by atoms with Gasteiger partial charge in [-0.3, -0.25) is 0 Å². The molecule has 0 saturated heterocycles. The zero-order valence-corrected chi connectivity index (χ0v) is 31.8. The van der Waals surface area contributed by atoms with Crippen LogP contribution in [0.2, 0.25) is 0 Å². The van der Waals surface area contributed by atoms with Gasteiger partial charge < -0.3 is 35.0 Å². The fourth-order valence-electron chi connectivity index (χ4n) is 12.0. The number of carbonyl (C=O) groups is 2. The summed E-state index contributed by atoms with van der Waals surface area (Å²) in [5.74, 6) is -1.41. The van der Waals surface area contributed by atoms with Gasteiger partial charge in [0.1, 0.15) is 6.10 Å². The van der Waals surface area contributed by atoms with Crippen LogP contribution in [0.25, 0.3) is 0 Å². The predicted molar refractivity (Wildman–Crippen MR) is 186 cm³/mol. The van der Waals surface area contributed by atoms with Crippen molar-refractivity contribution in [1.82, 2.24) is 0 Å². The number of rotatable bonds is 6. The first-order valence-electron chi connectivity index (χ1n) is 18.6. The van der Waals surface area contributed by atoms with Gasteiger partial charge in [0.25, 0.3) is 0 Å². The summed E-state index contributed by atoms with van der Waals surface area (Å²) in [7, 11) is 0. The van der Waals surface area contributed by atoms with E-state index in [0.29, 0.717) is 30.3 Å². The number of aliphatic hydroxyl groups is 5. The molecule has 278 valence electrons. The number of allylic oxidation sites excluding steroid dienone is 3. The number of aliphatic hydroxyl groups excluding tert-OH is 4. The maximum Gasteiger partial charge on any atom is 0.340 e. The molecule has 9 nitrogen and oxygen atoms in total. The number of hydrogen-bond acceptors (Lipinski definition) is 9. The Kier molecular flexibility index (Phi) is 9.53. The summed E-state index contributed by atoms with van der Waals surface area (Å²) >= 11 is 0. The first-order valence-corrected chi connectivity index (χ1v) is 18.6. The van der Waals surface area contributed by atoms with Crippen LogP contribution in [0.3, 0.4) is 0 Å². The van der Waals surface area contributed by atoms with E-state index in [2.05, 4.69) is 40.7 Å². The lowest BCUT2D eigenvalue weighted by Gasteiger charge is -2.72. The van der Waals surface area contributed by atoms with Crippen molar-refractivity contribution in [1.29, 1.82) is 0 Å². The van der Waals surface area contributed by atoms with Crippen molar-refractivity contribution in [3.8, 4) is 0 Å². The topological polar surface area (TPSA) is 154 Å². The first kappa shape index (κ1) is 38.5. The van der Waals surface area contributed by atoms with Gasteiger partial charge in [-0.2, -0.15) is 0 Å². The van der Waals surface area contributed by atoms with Crippen LogP contribution in [0.5, 0.6) is 0 Å². The molecule has 0 aromatic rings. The molecule has 4 saturated carbocycles. The van der Waals surface area contributed by atoms with E-state index < -0.39 is 70.7 Å². The summed E-state index contributed by atoms with van der Waals surface area (Å²) < 4.78 is 12.3. The molecule has 0 bridgehead atoms. The molecule has 4 fully saturated rings. The standard InChI is InChI=1S/C40H64O9/c1-12-22(2)32(45)48-31-30(49-33(46)39(11,47)23(3)42)34(4,5)19-25-24-13-14-27-36(8)17-16-28(43)35(6,7)26(36)15-18-37(27,9)38(24,10)20-29(44)40(25,31)21-41/h12-13,23,25-31,41-44,47H,14-21H2,1-11H3/b22-12-/t23-,25-,26-,27+,28+,29+,30-,31-,36-,37+,38+,39-,40-/m0/s1. The molecule has 5 aliphatic carbocycles. The second-order valence-electron chi connectivity index (χ2n) is 18.9. The number of carbonyl (C=O) groups excluding carboxylic acids is 2. The zero-order chi connectivity index (χ0) is 36.9. The molecule has 0 heterocycles. The maximum absolute atomic E-state index is 13.5. The predicted octanol–water partition coefficient (Wildman–Crippen LogP) is 5.25. The first-order chi connectivity index (χ1) is 22.4. The van der Waals surface area contributed by atoms with Gasteiger partial charge in [-0.15, -0.1) is 0 Å². The van der Waals surface area contributed by atoms with Gasteiger partial charge >= 0.3 is 11.9 Å². The number of ether oxygens (including phenoxy) is 2. The van der Waals surface area contributed by atoms with E-state index >= 15 is 0 Å². The van der Waals surface area contributed by atoms with Gasteiger partial charge in [-0.1, -0.05) is 66.2 Å². The molecule has 49 heavy (non-hydrogen) atoms. The molecule has 0 aliphatic heterocycles. The second kappa shape index (κ2) is 12.1. The summed E-state index contributed by atoms with van der Waals surface area (Å²) in [5.41, 5.74) is -3.76. The Balaban J connectivity index is 1.65. The number of fused-ring (bicyclic) bond motifs is 7. The minimum atomic E-state index is -2.23. The molecule has 0 aromatic heterocycles. The van der Waals surface area contributed by atoms with Gasteiger partial charge in [-0.05, 0) is 112 Å². The Morgan fingerprint density at radius 2 is 1.61 bits per heavy atom. The Morgan fingerprint density at radius 1 is 0.980 bits per heavy atom. The molecule has 0 unspecified atom stereocenters. The van der Waals surface area contributed by atoms with Crippen LogP contribution >= 0.6 is 0 Å². The zero-order valence-electron chi connectivity index (χ0n) is 31.8. The third kappa shape index (κ3) is 5.25. The van der Waals surface area contributed by atoms with Crippen LogP contribution in [0.1, 0.15) is 121 Å². The average Bonchev–Trinajstić information content (AvgIpc) is 3.00. The van der Waals surface area contributed by atoms with E-state index in [1.807, 2.05) is 13.8 Å². The lowest BCUT2D eigenvalue weighted by Crippen LogP contribution is -2.72. The summed E-state index contributed by atoms with van der Waals surface area (Å²) in [6.07, 6.45) is 3.97. The molecule has 5 aliphatic rings. The normalized spacial score (nSPS) is 46.0. The highest BCUT2D eigenvalue weighted by Crippen LogP contribution is 2.76. The van der Waals surface area contributed by atoms with Crippen molar-refractivity contribution in [2.75, 3.05) is 6.61 Å². The van der Waals surface area contributed by atoms with Crippen LogP contribution in [0, 0.1) is 50.2 Å². The quantitative estimate of drug-likeness (QED) is 0.143. The third-order valence-electron chi connectivity index (χ3n) is 15.8. The Labute approximate surface area is 293 Å². The van der Waals surface area contributed by atoms with Crippen LogP contribution in [0.4, 0.5) is 0 Å². The largest absolute Gasteiger partial charge is 0.456 e. The maximum atomic E-state index is 13.5. The third-order valence-corrected chi connectivity index (χ3v) is 15.8. The van der Waals surface area contributed by atoms with E-state index in [4.69, 9.17) is 9.47 Å². The highest BCUT2D eigenvalue weighted by Gasteiger charge is 2.73.